The quantitative estimate of drug-likeness (QED) is 0.770. The largest absolute Gasteiger partial charge is 0.381 e. The van der Waals surface area contributed by atoms with Gasteiger partial charge in [0, 0.05) is 36.6 Å². The van der Waals surface area contributed by atoms with E-state index in [0.29, 0.717) is 0 Å². The summed E-state index contributed by atoms with van der Waals surface area (Å²) in [6, 6.07) is 12.0. The van der Waals surface area contributed by atoms with Gasteiger partial charge >= 0.3 is 0 Å². The highest BCUT2D eigenvalue weighted by Crippen LogP contribution is 2.30. The van der Waals surface area contributed by atoms with E-state index in [-0.39, 0.29) is 12.1 Å². The van der Waals surface area contributed by atoms with Gasteiger partial charge in [-0.15, -0.1) is 0 Å². The summed E-state index contributed by atoms with van der Waals surface area (Å²) in [6.45, 7) is 5.13. The molecule has 0 aliphatic carbocycles. The van der Waals surface area contributed by atoms with Gasteiger partial charge in [-0.1, -0.05) is 35.5 Å². The Morgan fingerprint density at radius 2 is 1.86 bits per heavy atom. The van der Waals surface area contributed by atoms with E-state index in [4.69, 9.17) is 0 Å². The number of thioether (sulfide) groups is 1. The molecular weight excluding hydrogens is 376 g/mol. The SMILES string of the molecule is CC1=C(c2ccc(NCc3c(F)cccc3F)cc2)CN(C2=NCCS2)CC1. The Kier molecular flexibility index (Phi) is 5.67. The van der Waals surface area contributed by atoms with Crippen molar-refractivity contribution < 1.29 is 8.78 Å². The van der Waals surface area contributed by atoms with Crippen LogP contribution in [0.5, 0.6) is 0 Å². The molecule has 28 heavy (non-hydrogen) atoms. The molecular formula is C22H23F2N3S. The number of nitrogens with zero attached hydrogens (tertiary/aromatic N) is 2. The number of anilines is 1. The molecule has 146 valence electrons. The van der Waals surface area contributed by atoms with Gasteiger partial charge in [-0.05, 0) is 48.7 Å². The summed E-state index contributed by atoms with van der Waals surface area (Å²) in [4.78, 5) is 6.97. The Bertz CT molecular complexity index is 902. The van der Waals surface area contributed by atoms with Crippen molar-refractivity contribution in [2.24, 2.45) is 4.99 Å². The smallest absolute Gasteiger partial charge is 0.159 e. The van der Waals surface area contributed by atoms with E-state index in [2.05, 4.69) is 34.3 Å². The number of hydrogen-bond acceptors (Lipinski definition) is 4. The van der Waals surface area contributed by atoms with Crippen LogP contribution in [0.15, 0.2) is 53.0 Å². The van der Waals surface area contributed by atoms with E-state index in [0.717, 1.165) is 42.7 Å². The summed E-state index contributed by atoms with van der Waals surface area (Å²) >= 11 is 1.84. The fourth-order valence-corrected chi connectivity index (χ4v) is 4.44. The average molecular weight is 400 g/mol. The maximum Gasteiger partial charge on any atom is 0.159 e. The van der Waals surface area contributed by atoms with Gasteiger partial charge in [0.25, 0.3) is 0 Å². The van der Waals surface area contributed by atoms with Crippen LogP contribution in [0, 0.1) is 11.6 Å². The minimum absolute atomic E-state index is 0.0582. The Balaban J connectivity index is 1.45. The van der Waals surface area contributed by atoms with Crippen LogP contribution in [0.4, 0.5) is 14.5 Å². The number of rotatable bonds is 4. The lowest BCUT2D eigenvalue weighted by atomic mass is 9.95. The molecule has 3 nitrogen and oxygen atoms in total. The van der Waals surface area contributed by atoms with Crippen LogP contribution in [0.1, 0.15) is 24.5 Å². The Labute approximate surface area is 168 Å². The summed E-state index contributed by atoms with van der Waals surface area (Å²) in [7, 11) is 0. The summed E-state index contributed by atoms with van der Waals surface area (Å²) < 4.78 is 27.5. The second-order valence-electron chi connectivity index (χ2n) is 7.07. The number of benzene rings is 2. The lowest BCUT2D eigenvalue weighted by molar-refractivity contribution is 0.462. The van der Waals surface area contributed by atoms with Crippen molar-refractivity contribution in [2.45, 2.75) is 19.9 Å². The van der Waals surface area contributed by atoms with Crippen LogP contribution < -0.4 is 5.32 Å². The second-order valence-corrected chi connectivity index (χ2v) is 8.14. The van der Waals surface area contributed by atoms with E-state index in [9.17, 15) is 8.78 Å². The van der Waals surface area contributed by atoms with Crippen LogP contribution in [-0.4, -0.2) is 35.5 Å². The molecule has 1 N–H and O–H groups in total. The molecule has 0 spiro atoms. The minimum atomic E-state index is -0.528. The van der Waals surface area contributed by atoms with E-state index in [1.165, 1.54) is 34.9 Å². The number of hydrogen-bond donors (Lipinski definition) is 1. The summed E-state index contributed by atoms with van der Waals surface area (Å²) in [5, 5.41) is 4.27. The third-order valence-electron chi connectivity index (χ3n) is 5.23. The molecule has 0 unspecified atom stereocenters. The molecule has 2 aromatic rings. The first-order valence-corrected chi connectivity index (χ1v) is 10.5. The highest BCUT2D eigenvalue weighted by molar-refractivity contribution is 8.14. The third kappa shape index (κ3) is 4.07. The lowest BCUT2D eigenvalue weighted by Crippen LogP contribution is -2.34. The molecule has 2 aromatic carbocycles. The standard InChI is InChI=1S/C22H23F2N3S/c1-15-9-11-27(22-25-10-12-28-22)14-19(15)16-5-7-17(8-6-16)26-13-18-20(23)3-2-4-21(18)24/h2-8,26H,9-14H2,1H3. The van der Waals surface area contributed by atoms with Gasteiger partial charge in [0.1, 0.15) is 11.6 Å². The minimum Gasteiger partial charge on any atom is -0.381 e. The average Bonchev–Trinajstić information content (AvgIpc) is 3.23. The van der Waals surface area contributed by atoms with Crippen LogP contribution in [0.25, 0.3) is 5.57 Å². The zero-order valence-corrected chi connectivity index (χ0v) is 16.7. The molecule has 0 fully saturated rings. The van der Waals surface area contributed by atoms with Crippen molar-refractivity contribution in [3.8, 4) is 0 Å². The van der Waals surface area contributed by atoms with Gasteiger partial charge in [0.15, 0.2) is 5.17 Å². The first-order valence-electron chi connectivity index (χ1n) is 9.50. The first-order chi connectivity index (χ1) is 13.6. The van der Waals surface area contributed by atoms with Crippen molar-refractivity contribution in [1.82, 2.24) is 4.90 Å². The Hall–Kier alpha value is -2.34. The van der Waals surface area contributed by atoms with Crippen molar-refractivity contribution >= 4 is 28.2 Å². The van der Waals surface area contributed by atoms with Crippen LogP contribution in [0.2, 0.25) is 0 Å². The summed E-state index contributed by atoms with van der Waals surface area (Å²) in [5.74, 6) is 0.0205. The van der Waals surface area contributed by atoms with Crippen molar-refractivity contribution in [3.63, 3.8) is 0 Å². The number of halogens is 2. The predicted molar refractivity (Wildman–Crippen MR) is 114 cm³/mol. The van der Waals surface area contributed by atoms with E-state index < -0.39 is 11.6 Å². The maximum atomic E-state index is 13.8. The second kappa shape index (κ2) is 8.35. The molecule has 0 amide bonds. The highest BCUT2D eigenvalue weighted by atomic mass is 32.2. The van der Waals surface area contributed by atoms with Gasteiger partial charge in [-0.3, -0.25) is 4.99 Å². The van der Waals surface area contributed by atoms with Crippen LogP contribution in [-0.2, 0) is 6.54 Å². The topological polar surface area (TPSA) is 27.6 Å². The zero-order chi connectivity index (χ0) is 19.5. The zero-order valence-electron chi connectivity index (χ0n) is 15.8. The molecule has 0 bridgehead atoms. The number of amidine groups is 1. The Morgan fingerprint density at radius 1 is 1.11 bits per heavy atom. The van der Waals surface area contributed by atoms with Crippen molar-refractivity contribution in [2.75, 3.05) is 30.7 Å². The predicted octanol–water partition coefficient (Wildman–Crippen LogP) is 5.16. The number of nitrogens with one attached hydrogen (secondary N) is 1. The van der Waals surface area contributed by atoms with Gasteiger partial charge < -0.3 is 10.2 Å². The molecule has 2 aliphatic heterocycles. The van der Waals surface area contributed by atoms with Crippen molar-refractivity contribution in [3.05, 3.63) is 70.8 Å². The molecule has 6 heteroatoms. The molecule has 0 radical (unpaired) electrons. The molecule has 2 aliphatic rings. The van der Waals surface area contributed by atoms with Crippen LogP contribution >= 0.6 is 11.8 Å². The van der Waals surface area contributed by atoms with E-state index in [1.54, 1.807) is 0 Å². The first kappa shape index (κ1) is 19.0. The lowest BCUT2D eigenvalue weighted by Gasteiger charge is -2.31. The highest BCUT2D eigenvalue weighted by Gasteiger charge is 2.22. The summed E-state index contributed by atoms with van der Waals surface area (Å²) in [6.07, 6.45) is 1.04. The van der Waals surface area contributed by atoms with Gasteiger partial charge in [-0.2, -0.15) is 0 Å². The Morgan fingerprint density at radius 3 is 2.54 bits per heavy atom. The fourth-order valence-electron chi connectivity index (χ4n) is 3.56. The molecule has 0 saturated carbocycles. The molecule has 0 atom stereocenters. The summed E-state index contributed by atoms with van der Waals surface area (Å²) in [5.41, 5.74) is 4.84. The monoisotopic (exact) mass is 399 g/mol. The van der Waals surface area contributed by atoms with Crippen LogP contribution in [0.3, 0.4) is 0 Å². The van der Waals surface area contributed by atoms with E-state index in [1.807, 2.05) is 23.9 Å². The molecule has 2 heterocycles. The van der Waals surface area contributed by atoms with Gasteiger partial charge in [-0.25, -0.2) is 8.78 Å². The van der Waals surface area contributed by atoms with Gasteiger partial charge in [0.05, 0.1) is 6.54 Å². The van der Waals surface area contributed by atoms with Gasteiger partial charge in [0.2, 0.25) is 0 Å². The molecule has 4 rings (SSSR count). The van der Waals surface area contributed by atoms with E-state index >= 15 is 0 Å². The maximum absolute atomic E-state index is 13.8. The third-order valence-corrected chi connectivity index (χ3v) is 6.26. The molecule has 0 aromatic heterocycles. The van der Waals surface area contributed by atoms with Crippen molar-refractivity contribution in [1.29, 1.82) is 0 Å². The fraction of sp³-hybridized carbons (Fsp3) is 0.318. The molecule has 0 saturated heterocycles. The number of aliphatic imine (C=N–C) groups is 1. The normalized spacial score (nSPS) is 17.1.